The van der Waals surface area contributed by atoms with Crippen molar-refractivity contribution >= 4 is 11.9 Å². The van der Waals surface area contributed by atoms with Gasteiger partial charge in [0.25, 0.3) is 5.91 Å². The highest BCUT2D eigenvalue weighted by Gasteiger charge is 2.36. The van der Waals surface area contributed by atoms with Gasteiger partial charge in [0.15, 0.2) is 0 Å². The average molecular weight is 363 g/mol. The first-order valence-corrected chi connectivity index (χ1v) is 7.94. The van der Waals surface area contributed by atoms with Crippen LogP contribution in [0.5, 0.6) is 0 Å². The summed E-state index contributed by atoms with van der Waals surface area (Å²) in [6.45, 7) is 0.190. The highest BCUT2D eigenvalue weighted by Crippen LogP contribution is 2.30. The Labute approximate surface area is 148 Å². The number of hydrogen-bond acceptors (Lipinski definition) is 3. The normalized spacial score (nSPS) is 16.8. The number of fused-ring (bicyclic) bond motifs is 1. The Morgan fingerprint density at radius 3 is 2.23 bits per heavy atom. The quantitative estimate of drug-likeness (QED) is 0.768. The van der Waals surface area contributed by atoms with Gasteiger partial charge in [0.2, 0.25) is 0 Å². The molecule has 1 aliphatic rings. The summed E-state index contributed by atoms with van der Waals surface area (Å²) in [5, 5.41) is 0. The molecule has 1 amide bonds. The minimum atomic E-state index is -4.47. The largest absolute Gasteiger partial charge is 0.467 e. The number of nitrogens with zero attached hydrogens (tertiary/aromatic N) is 1. The van der Waals surface area contributed by atoms with Crippen molar-refractivity contribution in [3.8, 4) is 0 Å². The van der Waals surface area contributed by atoms with Crippen LogP contribution in [0.3, 0.4) is 0 Å². The number of esters is 1. The molecule has 0 saturated carbocycles. The summed E-state index contributed by atoms with van der Waals surface area (Å²) in [4.78, 5) is 26.3. The Morgan fingerprint density at radius 1 is 1.04 bits per heavy atom. The summed E-state index contributed by atoms with van der Waals surface area (Å²) >= 11 is 0. The molecule has 0 saturated heterocycles. The third-order valence-electron chi connectivity index (χ3n) is 4.44. The Morgan fingerprint density at radius 2 is 1.65 bits per heavy atom. The van der Waals surface area contributed by atoms with Gasteiger partial charge in [-0.05, 0) is 35.4 Å². The number of alkyl halides is 3. The molecule has 7 heteroatoms. The Hall–Kier alpha value is -2.83. The maximum atomic E-state index is 12.8. The predicted molar refractivity (Wildman–Crippen MR) is 87.3 cm³/mol. The van der Waals surface area contributed by atoms with E-state index in [0.717, 1.165) is 35.4 Å². The fraction of sp³-hybridized carbons (Fsp3) is 0.263. The average Bonchev–Trinajstić information content (AvgIpc) is 2.65. The van der Waals surface area contributed by atoms with Gasteiger partial charge in [-0.2, -0.15) is 13.2 Å². The number of hydrogen-bond donors (Lipinski definition) is 0. The summed E-state index contributed by atoms with van der Waals surface area (Å²) in [6, 6.07) is 10.6. The molecule has 1 aliphatic heterocycles. The number of benzene rings is 2. The molecule has 4 nitrogen and oxygen atoms in total. The van der Waals surface area contributed by atoms with Crippen LogP contribution in [0.25, 0.3) is 0 Å². The Balaban J connectivity index is 1.92. The van der Waals surface area contributed by atoms with Crippen molar-refractivity contribution < 1.29 is 27.5 Å². The number of amides is 1. The molecule has 1 atom stereocenters. The molecule has 26 heavy (non-hydrogen) atoms. The molecule has 1 unspecified atom stereocenters. The molecule has 0 fully saturated rings. The standard InChI is InChI=1S/C19H16F3NO3/c1-26-18(25)16-10-13-4-2-3-5-14(13)11-23(16)17(24)12-6-8-15(9-7-12)19(20,21)22/h2-9,16H,10-11H2,1H3. The van der Waals surface area contributed by atoms with Crippen molar-refractivity contribution in [2.75, 3.05) is 7.11 Å². The first-order chi connectivity index (χ1) is 12.3. The van der Waals surface area contributed by atoms with Crippen molar-refractivity contribution in [2.45, 2.75) is 25.2 Å². The number of carbonyl (C=O) groups is 2. The minimum Gasteiger partial charge on any atom is -0.467 e. The number of rotatable bonds is 2. The second-order valence-electron chi connectivity index (χ2n) is 6.02. The van der Waals surface area contributed by atoms with E-state index in [2.05, 4.69) is 0 Å². The van der Waals surface area contributed by atoms with E-state index in [1.165, 1.54) is 12.0 Å². The van der Waals surface area contributed by atoms with Crippen molar-refractivity contribution in [3.05, 3.63) is 70.8 Å². The van der Waals surface area contributed by atoms with Gasteiger partial charge < -0.3 is 9.64 Å². The van der Waals surface area contributed by atoms with Gasteiger partial charge >= 0.3 is 12.1 Å². The second kappa shape index (κ2) is 6.82. The molecule has 2 aromatic rings. The lowest BCUT2D eigenvalue weighted by molar-refractivity contribution is -0.146. The van der Waals surface area contributed by atoms with Gasteiger partial charge in [0, 0.05) is 18.5 Å². The summed E-state index contributed by atoms with van der Waals surface area (Å²) in [7, 11) is 1.24. The van der Waals surface area contributed by atoms with Crippen molar-refractivity contribution in [1.82, 2.24) is 4.90 Å². The van der Waals surface area contributed by atoms with E-state index in [1.54, 1.807) is 0 Å². The molecule has 136 valence electrons. The summed E-state index contributed by atoms with van der Waals surface area (Å²) in [6.07, 6.45) is -4.17. The van der Waals surface area contributed by atoms with Gasteiger partial charge in [-0.15, -0.1) is 0 Å². The van der Waals surface area contributed by atoms with Crippen LogP contribution in [0.2, 0.25) is 0 Å². The lowest BCUT2D eigenvalue weighted by Crippen LogP contribution is -2.49. The summed E-state index contributed by atoms with van der Waals surface area (Å²) in [5.74, 6) is -1.07. The molecular formula is C19H16F3NO3. The topological polar surface area (TPSA) is 46.6 Å². The highest BCUT2D eigenvalue weighted by atomic mass is 19.4. The van der Waals surface area contributed by atoms with E-state index >= 15 is 0 Å². The molecule has 0 bridgehead atoms. The van der Waals surface area contributed by atoms with E-state index in [1.807, 2.05) is 24.3 Å². The lowest BCUT2D eigenvalue weighted by atomic mass is 9.93. The third kappa shape index (κ3) is 3.42. The lowest BCUT2D eigenvalue weighted by Gasteiger charge is -2.35. The van der Waals surface area contributed by atoms with E-state index in [9.17, 15) is 22.8 Å². The molecule has 0 aliphatic carbocycles. The SMILES string of the molecule is COC(=O)C1Cc2ccccc2CN1C(=O)c1ccc(C(F)(F)F)cc1. The molecule has 0 N–H and O–H groups in total. The van der Waals surface area contributed by atoms with E-state index in [4.69, 9.17) is 4.74 Å². The van der Waals surface area contributed by atoms with Crippen LogP contribution in [0.1, 0.15) is 27.0 Å². The number of ether oxygens (including phenoxy) is 1. The molecule has 1 heterocycles. The van der Waals surface area contributed by atoms with Gasteiger partial charge in [0.1, 0.15) is 6.04 Å². The smallest absolute Gasteiger partial charge is 0.416 e. The first kappa shape index (κ1) is 18.0. The zero-order valence-electron chi connectivity index (χ0n) is 13.9. The number of carbonyl (C=O) groups excluding carboxylic acids is 2. The predicted octanol–water partition coefficient (Wildman–Crippen LogP) is 3.45. The van der Waals surface area contributed by atoms with Crippen LogP contribution in [0.4, 0.5) is 13.2 Å². The van der Waals surface area contributed by atoms with E-state index in [0.29, 0.717) is 6.42 Å². The maximum absolute atomic E-state index is 12.8. The molecule has 0 aromatic heterocycles. The summed E-state index contributed by atoms with van der Waals surface area (Å²) in [5.41, 5.74) is 1.10. The minimum absolute atomic E-state index is 0.0892. The van der Waals surface area contributed by atoms with Gasteiger partial charge in [-0.3, -0.25) is 4.79 Å². The van der Waals surface area contributed by atoms with Crippen LogP contribution >= 0.6 is 0 Å². The van der Waals surface area contributed by atoms with Crippen LogP contribution in [-0.4, -0.2) is 29.9 Å². The van der Waals surface area contributed by atoms with Gasteiger partial charge in [0.05, 0.1) is 12.7 Å². The first-order valence-electron chi connectivity index (χ1n) is 7.94. The number of halogens is 3. The summed E-state index contributed by atoms with van der Waals surface area (Å²) < 4.78 is 42.9. The molecule has 0 spiro atoms. The molecule has 0 radical (unpaired) electrons. The fourth-order valence-corrected chi connectivity index (χ4v) is 3.05. The Bertz CT molecular complexity index is 831. The number of methoxy groups -OCH3 is 1. The highest BCUT2D eigenvalue weighted by molar-refractivity contribution is 5.97. The maximum Gasteiger partial charge on any atom is 0.416 e. The van der Waals surface area contributed by atoms with Crippen molar-refractivity contribution in [1.29, 1.82) is 0 Å². The molecular weight excluding hydrogens is 347 g/mol. The van der Waals surface area contributed by atoms with Crippen LogP contribution in [0, 0.1) is 0 Å². The zero-order valence-corrected chi connectivity index (χ0v) is 13.9. The monoisotopic (exact) mass is 363 g/mol. The van der Waals surface area contributed by atoms with Crippen LogP contribution in [0.15, 0.2) is 48.5 Å². The van der Waals surface area contributed by atoms with Crippen LogP contribution in [-0.2, 0) is 28.7 Å². The fourth-order valence-electron chi connectivity index (χ4n) is 3.05. The van der Waals surface area contributed by atoms with E-state index in [-0.39, 0.29) is 12.1 Å². The second-order valence-corrected chi connectivity index (χ2v) is 6.02. The van der Waals surface area contributed by atoms with Crippen LogP contribution < -0.4 is 0 Å². The van der Waals surface area contributed by atoms with Crippen molar-refractivity contribution in [2.24, 2.45) is 0 Å². The van der Waals surface area contributed by atoms with Gasteiger partial charge in [-0.25, -0.2) is 4.79 Å². The third-order valence-corrected chi connectivity index (χ3v) is 4.44. The zero-order chi connectivity index (χ0) is 18.9. The molecule has 2 aromatic carbocycles. The van der Waals surface area contributed by atoms with E-state index < -0.39 is 29.7 Å². The molecule has 3 rings (SSSR count). The Kier molecular flexibility index (Phi) is 4.71. The van der Waals surface area contributed by atoms with Gasteiger partial charge in [-0.1, -0.05) is 24.3 Å². The van der Waals surface area contributed by atoms with Crippen molar-refractivity contribution in [3.63, 3.8) is 0 Å².